The number of aromatic nitrogens is 1. The van der Waals surface area contributed by atoms with E-state index < -0.39 is 0 Å². The van der Waals surface area contributed by atoms with Crippen LogP contribution in [-0.2, 0) is 0 Å². The fourth-order valence-electron chi connectivity index (χ4n) is 1.40. The number of furan rings is 1. The maximum Gasteiger partial charge on any atom is 0.263 e. The molecule has 0 aliphatic carbocycles. The summed E-state index contributed by atoms with van der Waals surface area (Å²) in [5, 5.41) is 0. The molecule has 1 aromatic carbocycles. The minimum atomic E-state index is -0.343. The molecular formula is C11H6FNO2. The smallest absolute Gasteiger partial charge is 0.263 e. The van der Waals surface area contributed by atoms with E-state index in [1.54, 1.807) is 18.2 Å². The lowest BCUT2D eigenvalue weighted by molar-refractivity contribution is 0.533. The lowest BCUT2D eigenvalue weighted by atomic mass is 10.3. The number of rotatable bonds is 1. The first-order valence-corrected chi connectivity index (χ1v) is 4.43. The standard InChI is InChI=1S/C11H6FNO2/c12-7-3-4-8-10(6-7)15-11(13-8)9-2-1-5-14-9/h1-6H. The zero-order chi connectivity index (χ0) is 10.3. The molecule has 74 valence electrons. The zero-order valence-corrected chi connectivity index (χ0v) is 7.61. The number of oxazole rings is 1. The lowest BCUT2D eigenvalue weighted by Crippen LogP contribution is -1.72. The number of nitrogens with zero attached hydrogens (tertiary/aromatic N) is 1. The van der Waals surface area contributed by atoms with E-state index >= 15 is 0 Å². The Bertz CT molecular complexity index is 598. The van der Waals surface area contributed by atoms with Gasteiger partial charge in [-0.05, 0) is 24.3 Å². The second kappa shape index (κ2) is 2.95. The Morgan fingerprint density at radius 3 is 2.93 bits per heavy atom. The summed E-state index contributed by atoms with van der Waals surface area (Å²) in [7, 11) is 0. The Morgan fingerprint density at radius 2 is 2.13 bits per heavy atom. The van der Waals surface area contributed by atoms with Crippen molar-refractivity contribution < 1.29 is 13.2 Å². The van der Waals surface area contributed by atoms with Crippen molar-refractivity contribution in [1.82, 2.24) is 4.98 Å². The highest BCUT2D eigenvalue weighted by molar-refractivity contribution is 5.75. The Kier molecular flexibility index (Phi) is 1.62. The predicted molar refractivity (Wildman–Crippen MR) is 51.7 cm³/mol. The molecule has 0 N–H and O–H groups in total. The molecule has 4 heteroatoms. The van der Waals surface area contributed by atoms with Gasteiger partial charge in [-0.25, -0.2) is 9.37 Å². The van der Waals surface area contributed by atoms with Crippen LogP contribution in [0.1, 0.15) is 0 Å². The fraction of sp³-hybridized carbons (Fsp3) is 0. The summed E-state index contributed by atoms with van der Waals surface area (Å²) in [5.74, 6) is 0.553. The first kappa shape index (κ1) is 8.23. The van der Waals surface area contributed by atoms with Crippen LogP contribution >= 0.6 is 0 Å². The van der Waals surface area contributed by atoms with E-state index in [0.29, 0.717) is 22.8 Å². The second-order valence-corrected chi connectivity index (χ2v) is 3.11. The Labute approximate surface area is 84.1 Å². The van der Waals surface area contributed by atoms with Crippen LogP contribution in [0.4, 0.5) is 4.39 Å². The molecular weight excluding hydrogens is 197 g/mol. The first-order valence-electron chi connectivity index (χ1n) is 4.43. The normalized spacial score (nSPS) is 11.0. The summed E-state index contributed by atoms with van der Waals surface area (Å²) in [6.07, 6.45) is 1.53. The van der Waals surface area contributed by atoms with Crippen LogP contribution in [0.15, 0.2) is 45.4 Å². The fourth-order valence-corrected chi connectivity index (χ4v) is 1.40. The topological polar surface area (TPSA) is 39.2 Å². The molecule has 2 heterocycles. The van der Waals surface area contributed by atoms with Crippen LogP contribution in [0.5, 0.6) is 0 Å². The Hall–Kier alpha value is -2.10. The van der Waals surface area contributed by atoms with Gasteiger partial charge in [0.2, 0.25) is 0 Å². The second-order valence-electron chi connectivity index (χ2n) is 3.11. The number of hydrogen-bond donors (Lipinski definition) is 0. The maximum atomic E-state index is 12.9. The molecule has 0 amide bonds. The van der Waals surface area contributed by atoms with Gasteiger partial charge >= 0.3 is 0 Å². The van der Waals surface area contributed by atoms with Crippen molar-refractivity contribution in [3.05, 3.63) is 42.4 Å². The van der Waals surface area contributed by atoms with E-state index in [0.717, 1.165) is 0 Å². The van der Waals surface area contributed by atoms with Crippen LogP contribution < -0.4 is 0 Å². The first-order chi connectivity index (χ1) is 7.33. The third-order valence-electron chi connectivity index (χ3n) is 2.08. The monoisotopic (exact) mass is 203 g/mol. The largest absolute Gasteiger partial charge is 0.459 e. The summed E-state index contributed by atoms with van der Waals surface area (Å²) in [6, 6.07) is 7.69. The molecule has 0 saturated heterocycles. The molecule has 3 aromatic rings. The molecule has 0 aliphatic heterocycles. The van der Waals surface area contributed by atoms with Crippen LogP contribution in [0.25, 0.3) is 22.8 Å². The molecule has 0 aliphatic rings. The van der Waals surface area contributed by atoms with Crippen molar-refractivity contribution in [2.45, 2.75) is 0 Å². The highest BCUT2D eigenvalue weighted by atomic mass is 19.1. The van der Waals surface area contributed by atoms with Crippen LogP contribution in [0.2, 0.25) is 0 Å². The van der Waals surface area contributed by atoms with Crippen molar-refractivity contribution in [2.24, 2.45) is 0 Å². The Morgan fingerprint density at radius 1 is 1.20 bits per heavy atom. The molecule has 0 spiro atoms. The highest BCUT2D eigenvalue weighted by Gasteiger charge is 2.10. The average Bonchev–Trinajstić information content (AvgIpc) is 2.84. The third-order valence-corrected chi connectivity index (χ3v) is 2.08. The van der Waals surface area contributed by atoms with E-state index in [1.165, 1.54) is 18.4 Å². The van der Waals surface area contributed by atoms with Gasteiger partial charge in [-0.2, -0.15) is 0 Å². The summed E-state index contributed by atoms with van der Waals surface area (Å²) in [5.41, 5.74) is 1.03. The van der Waals surface area contributed by atoms with Gasteiger partial charge in [0.15, 0.2) is 11.3 Å². The minimum Gasteiger partial charge on any atom is -0.459 e. The zero-order valence-electron chi connectivity index (χ0n) is 7.61. The van der Waals surface area contributed by atoms with Crippen LogP contribution in [0, 0.1) is 5.82 Å². The van der Waals surface area contributed by atoms with Crippen molar-refractivity contribution >= 4 is 11.1 Å². The number of hydrogen-bond acceptors (Lipinski definition) is 3. The molecule has 0 bridgehead atoms. The van der Waals surface area contributed by atoms with Crippen molar-refractivity contribution in [3.63, 3.8) is 0 Å². The predicted octanol–water partition coefficient (Wildman–Crippen LogP) is 3.23. The van der Waals surface area contributed by atoms with Crippen LogP contribution in [0.3, 0.4) is 0 Å². The summed E-state index contributed by atoms with van der Waals surface area (Å²) >= 11 is 0. The molecule has 0 unspecified atom stereocenters. The van der Waals surface area contributed by atoms with Gasteiger partial charge in [-0.15, -0.1) is 0 Å². The van der Waals surface area contributed by atoms with E-state index in [1.807, 2.05) is 0 Å². The molecule has 3 rings (SSSR count). The Balaban J connectivity index is 2.22. The highest BCUT2D eigenvalue weighted by Crippen LogP contribution is 2.24. The summed E-state index contributed by atoms with van der Waals surface area (Å²) < 4.78 is 23.4. The van der Waals surface area contributed by atoms with Gasteiger partial charge < -0.3 is 8.83 Å². The van der Waals surface area contributed by atoms with Gasteiger partial charge in [-0.3, -0.25) is 0 Å². The van der Waals surface area contributed by atoms with E-state index in [2.05, 4.69) is 4.98 Å². The van der Waals surface area contributed by atoms with E-state index in [4.69, 9.17) is 8.83 Å². The summed E-state index contributed by atoms with van der Waals surface area (Å²) in [4.78, 5) is 4.17. The average molecular weight is 203 g/mol. The molecule has 0 fully saturated rings. The lowest BCUT2D eigenvalue weighted by Gasteiger charge is -1.85. The van der Waals surface area contributed by atoms with Crippen molar-refractivity contribution in [2.75, 3.05) is 0 Å². The molecule has 3 nitrogen and oxygen atoms in total. The molecule has 15 heavy (non-hydrogen) atoms. The van der Waals surface area contributed by atoms with Crippen molar-refractivity contribution in [1.29, 1.82) is 0 Å². The SMILES string of the molecule is Fc1ccc2nc(-c3ccco3)oc2c1. The van der Waals surface area contributed by atoms with Gasteiger partial charge in [0.25, 0.3) is 5.89 Å². The third kappa shape index (κ3) is 1.30. The molecule has 2 aromatic heterocycles. The number of benzene rings is 1. The maximum absolute atomic E-state index is 12.9. The van der Waals surface area contributed by atoms with Crippen LogP contribution in [-0.4, -0.2) is 4.98 Å². The van der Waals surface area contributed by atoms with Crippen molar-refractivity contribution in [3.8, 4) is 11.7 Å². The van der Waals surface area contributed by atoms with E-state index in [9.17, 15) is 4.39 Å². The van der Waals surface area contributed by atoms with E-state index in [-0.39, 0.29) is 5.82 Å². The van der Waals surface area contributed by atoms with Gasteiger partial charge in [-0.1, -0.05) is 0 Å². The van der Waals surface area contributed by atoms with Gasteiger partial charge in [0.1, 0.15) is 11.3 Å². The quantitative estimate of drug-likeness (QED) is 0.609. The number of fused-ring (bicyclic) bond motifs is 1. The van der Waals surface area contributed by atoms with Gasteiger partial charge in [0.05, 0.1) is 6.26 Å². The number of halogens is 1. The molecule has 0 saturated carbocycles. The summed E-state index contributed by atoms with van der Waals surface area (Å²) in [6.45, 7) is 0. The molecule has 0 radical (unpaired) electrons. The minimum absolute atomic E-state index is 0.343. The van der Waals surface area contributed by atoms with Gasteiger partial charge in [0, 0.05) is 6.07 Å². The molecule has 0 atom stereocenters.